The number of likely N-dealkylation sites (tertiary alicyclic amines) is 1. The maximum Gasteiger partial charge on any atom is 0.225 e. The van der Waals surface area contributed by atoms with Gasteiger partial charge >= 0.3 is 0 Å². The zero-order valence-corrected chi connectivity index (χ0v) is 15.7. The molecule has 1 saturated carbocycles. The van der Waals surface area contributed by atoms with Crippen LogP contribution in [0.4, 0.5) is 4.39 Å². The topological polar surface area (TPSA) is 62.3 Å². The molecule has 0 bridgehead atoms. The third-order valence-corrected chi connectivity index (χ3v) is 5.58. The second kappa shape index (κ2) is 8.09. The van der Waals surface area contributed by atoms with Crippen molar-refractivity contribution in [2.45, 2.75) is 31.7 Å². The fraction of sp³-hybridized carbons (Fsp3) is 0.409. The van der Waals surface area contributed by atoms with E-state index in [1.807, 2.05) is 23.1 Å². The molecule has 1 aliphatic heterocycles. The van der Waals surface area contributed by atoms with E-state index in [0.717, 1.165) is 18.4 Å². The number of aromatic nitrogens is 1. The van der Waals surface area contributed by atoms with Gasteiger partial charge in [-0.25, -0.2) is 4.39 Å². The molecule has 2 heterocycles. The summed E-state index contributed by atoms with van der Waals surface area (Å²) >= 11 is 0. The summed E-state index contributed by atoms with van der Waals surface area (Å²) in [5.74, 6) is -0.0233. The van der Waals surface area contributed by atoms with E-state index in [2.05, 4.69) is 10.3 Å². The summed E-state index contributed by atoms with van der Waals surface area (Å²) in [4.78, 5) is 31.4. The molecule has 1 atom stereocenters. The number of pyridine rings is 1. The number of hydrogen-bond donors (Lipinski definition) is 1. The Labute approximate surface area is 164 Å². The van der Waals surface area contributed by atoms with Crippen LogP contribution in [0.25, 0.3) is 0 Å². The van der Waals surface area contributed by atoms with Crippen LogP contribution in [-0.4, -0.2) is 34.8 Å². The Balaban J connectivity index is 1.44. The molecule has 1 unspecified atom stereocenters. The van der Waals surface area contributed by atoms with Gasteiger partial charge in [-0.1, -0.05) is 18.2 Å². The first-order valence-corrected chi connectivity index (χ1v) is 9.87. The fourth-order valence-corrected chi connectivity index (χ4v) is 3.74. The molecular weight excluding hydrogens is 357 g/mol. The summed E-state index contributed by atoms with van der Waals surface area (Å²) in [5.41, 5.74) is 1.50. The molecule has 146 valence electrons. The summed E-state index contributed by atoms with van der Waals surface area (Å²) in [7, 11) is 0. The molecule has 4 rings (SSSR count). The van der Waals surface area contributed by atoms with Crippen LogP contribution in [0.3, 0.4) is 0 Å². The Kier molecular flexibility index (Phi) is 5.37. The Morgan fingerprint density at radius 2 is 1.71 bits per heavy atom. The van der Waals surface area contributed by atoms with Crippen LogP contribution in [0.15, 0.2) is 48.7 Å². The molecule has 2 aliphatic rings. The van der Waals surface area contributed by atoms with Gasteiger partial charge in [0.25, 0.3) is 0 Å². The summed E-state index contributed by atoms with van der Waals surface area (Å²) in [6.07, 6.45) is 5.02. The molecule has 1 saturated heterocycles. The van der Waals surface area contributed by atoms with Crippen molar-refractivity contribution >= 4 is 11.8 Å². The molecule has 1 aromatic carbocycles. The zero-order valence-electron chi connectivity index (χ0n) is 15.7. The van der Waals surface area contributed by atoms with Crippen molar-refractivity contribution in [3.8, 4) is 0 Å². The molecule has 2 aromatic rings. The number of carbonyl (C=O) groups is 2. The Bertz CT molecular complexity index is 829. The van der Waals surface area contributed by atoms with Crippen LogP contribution >= 0.6 is 0 Å². The highest BCUT2D eigenvalue weighted by atomic mass is 19.1. The normalized spacial score (nSPS) is 18.5. The van der Waals surface area contributed by atoms with Crippen LogP contribution in [0.1, 0.15) is 43.0 Å². The SMILES string of the molecule is O=C(NC(c1ccc(F)cc1)c1ccccn1)C1CCN(C(=O)C2CC2)CC1. The molecule has 0 radical (unpaired) electrons. The average Bonchev–Trinajstić information content (AvgIpc) is 3.58. The van der Waals surface area contributed by atoms with Gasteiger partial charge in [0, 0.05) is 31.1 Å². The van der Waals surface area contributed by atoms with Crippen molar-refractivity contribution in [3.05, 3.63) is 65.7 Å². The van der Waals surface area contributed by atoms with Gasteiger partial charge in [-0.2, -0.15) is 0 Å². The number of nitrogens with one attached hydrogen (secondary N) is 1. The Hall–Kier alpha value is -2.76. The van der Waals surface area contributed by atoms with Crippen LogP contribution in [0, 0.1) is 17.7 Å². The first kappa shape index (κ1) is 18.6. The maximum absolute atomic E-state index is 13.3. The van der Waals surface area contributed by atoms with E-state index in [1.54, 1.807) is 18.3 Å². The standard InChI is InChI=1S/C22H24FN3O2/c23-18-8-6-15(7-9-18)20(19-3-1-2-12-24-19)25-21(27)16-10-13-26(14-11-16)22(28)17-4-5-17/h1-3,6-9,12,16-17,20H,4-5,10-11,13-14H2,(H,25,27). The molecule has 6 heteroatoms. The van der Waals surface area contributed by atoms with Gasteiger partial charge in [0.1, 0.15) is 5.82 Å². The number of rotatable bonds is 5. The van der Waals surface area contributed by atoms with Gasteiger partial charge in [-0.05, 0) is 55.5 Å². The fourth-order valence-electron chi connectivity index (χ4n) is 3.74. The van der Waals surface area contributed by atoms with E-state index in [1.165, 1.54) is 12.1 Å². The lowest BCUT2D eigenvalue weighted by atomic mass is 9.94. The van der Waals surface area contributed by atoms with Crippen molar-refractivity contribution in [2.75, 3.05) is 13.1 Å². The summed E-state index contributed by atoms with van der Waals surface area (Å²) in [5, 5.41) is 3.09. The van der Waals surface area contributed by atoms with Crippen LogP contribution < -0.4 is 5.32 Å². The van der Waals surface area contributed by atoms with Gasteiger partial charge < -0.3 is 10.2 Å². The third-order valence-electron chi connectivity index (χ3n) is 5.58. The number of nitrogens with zero attached hydrogens (tertiary/aromatic N) is 2. The van der Waals surface area contributed by atoms with Crippen molar-refractivity contribution in [1.82, 2.24) is 15.2 Å². The molecule has 0 spiro atoms. The third kappa shape index (κ3) is 4.21. The first-order chi connectivity index (χ1) is 13.6. The van der Waals surface area contributed by atoms with Gasteiger partial charge in [0.2, 0.25) is 11.8 Å². The molecule has 2 amide bonds. The Morgan fingerprint density at radius 1 is 1.00 bits per heavy atom. The quantitative estimate of drug-likeness (QED) is 0.866. The second-order valence-corrected chi connectivity index (χ2v) is 7.62. The van der Waals surface area contributed by atoms with Crippen molar-refractivity contribution < 1.29 is 14.0 Å². The van der Waals surface area contributed by atoms with Crippen molar-refractivity contribution in [1.29, 1.82) is 0 Å². The van der Waals surface area contributed by atoms with E-state index < -0.39 is 6.04 Å². The van der Waals surface area contributed by atoms with Crippen LogP contribution in [0.2, 0.25) is 0 Å². The van der Waals surface area contributed by atoms with Gasteiger partial charge in [-0.15, -0.1) is 0 Å². The monoisotopic (exact) mass is 381 g/mol. The van der Waals surface area contributed by atoms with Crippen molar-refractivity contribution in [3.63, 3.8) is 0 Å². The highest BCUT2D eigenvalue weighted by Gasteiger charge is 2.36. The van der Waals surface area contributed by atoms with Crippen molar-refractivity contribution in [2.24, 2.45) is 11.8 Å². The lowest BCUT2D eigenvalue weighted by Gasteiger charge is -2.32. The molecular formula is C22H24FN3O2. The first-order valence-electron chi connectivity index (χ1n) is 9.87. The summed E-state index contributed by atoms with van der Waals surface area (Å²) < 4.78 is 13.3. The number of carbonyl (C=O) groups excluding carboxylic acids is 2. The van der Waals surface area contributed by atoms with E-state index in [4.69, 9.17) is 0 Å². The zero-order chi connectivity index (χ0) is 19.5. The number of amides is 2. The minimum Gasteiger partial charge on any atom is -0.343 e. The number of halogens is 1. The number of piperidine rings is 1. The van der Waals surface area contributed by atoms with E-state index in [0.29, 0.717) is 31.6 Å². The number of hydrogen-bond acceptors (Lipinski definition) is 3. The van der Waals surface area contributed by atoms with Crippen LogP contribution in [-0.2, 0) is 9.59 Å². The highest BCUT2D eigenvalue weighted by Crippen LogP contribution is 2.32. The lowest BCUT2D eigenvalue weighted by Crippen LogP contribution is -2.44. The molecule has 1 aliphatic carbocycles. The molecule has 1 N–H and O–H groups in total. The minimum absolute atomic E-state index is 0.0431. The summed E-state index contributed by atoms with van der Waals surface area (Å²) in [6, 6.07) is 11.2. The van der Waals surface area contributed by atoms with E-state index >= 15 is 0 Å². The van der Waals surface area contributed by atoms with E-state index in [-0.39, 0.29) is 29.5 Å². The van der Waals surface area contributed by atoms with Crippen LogP contribution in [0.5, 0.6) is 0 Å². The smallest absolute Gasteiger partial charge is 0.225 e. The number of benzene rings is 1. The largest absolute Gasteiger partial charge is 0.343 e. The summed E-state index contributed by atoms with van der Waals surface area (Å²) in [6.45, 7) is 1.27. The Morgan fingerprint density at radius 3 is 2.32 bits per heavy atom. The maximum atomic E-state index is 13.3. The lowest BCUT2D eigenvalue weighted by molar-refractivity contribution is -0.136. The van der Waals surface area contributed by atoms with Gasteiger partial charge in [0.15, 0.2) is 0 Å². The average molecular weight is 381 g/mol. The molecule has 2 fully saturated rings. The molecule has 1 aromatic heterocycles. The predicted octanol–water partition coefficient (Wildman–Crippen LogP) is 3.07. The molecule has 28 heavy (non-hydrogen) atoms. The minimum atomic E-state index is -0.430. The predicted molar refractivity (Wildman–Crippen MR) is 103 cm³/mol. The van der Waals surface area contributed by atoms with E-state index in [9.17, 15) is 14.0 Å². The highest BCUT2D eigenvalue weighted by molar-refractivity contribution is 5.82. The molecule has 5 nitrogen and oxygen atoms in total. The second-order valence-electron chi connectivity index (χ2n) is 7.62. The van der Waals surface area contributed by atoms with Gasteiger partial charge in [0.05, 0.1) is 11.7 Å². The van der Waals surface area contributed by atoms with Gasteiger partial charge in [-0.3, -0.25) is 14.6 Å².